The summed E-state index contributed by atoms with van der Waals surface area (Å²) in [6.07, 6.45) is 3.42. The second kappa shape index (κ2) is 19.1. The number of alkyl halides is 4. The lowest BCUT2D eigenvalue weighted by Crippen LogP contribution is -2.67. The van der Waals surface area contributed by atoms with E-state index in [1.54, 1.807) is 0 Å². The van der Waals surface area contributed by atoms with Gasteiger partial charge in [0.15, 0.2) is 0 Å². The van der Waals surface area contributed by atoms with Gasteiger partial charge >= 0.3 is 34.2 Å². The van der Waals surface area contributed by atoms with E-state index in [1.807, 2.05) is 0 Å². The van der Waals surface area contributed by atoms with Crippen LogP contribution in [-0.4, -0.2) is 34.2 Å². The van der Waals surface area contributed by atoms with E-state index in [4.69, 9.17) is 62.9 Å². The molecular weight excluding hydrogens is 799 g/mol. The van der Waals surface area contributed by atoms with Crippen molar-refractivity contribution in [2.45, 2.75) is 99.6 Å². The highest BCUT2D eigenvalue weighted by molar-refractivity contribution is 6.94. The van der Waals surface area contributed by atoms with Gasteiger partial charge in [0.1, 0.15) is 0 Å². The number of hydrogen-bond donors (Lipinski definition) is 0. The molecule has 0 unspecified atom stereocenters. The van der Waals surface area contributed by atoms with Gasteiger partial charge in [-0.25, -0.2) is 0 Å². The summed E-state index contributed by atoms with van der Waals surface area (Å²) in [7, 11) is -11.4. The number of rotatable bonds is 16. The molecule has 0 radical (unpaired) electrons. The molecule has 0 aromatic heterocycles. The summed E-state index contributed by atoms with van der Waals surface area (Å²) in [6.45, 7) is 8.99. The van der Waals surface area contributed by atoms with Crippen molar-refractivity contribution >= 4 is 80.6 Å². The van der Waals surface area contributed by atoms with E-state index >= 15 is 0 Å². The quantitative estimate of drug-likeness (QED) is 0.0831. The summed E-state index contributed by atoms with van der Waals surface area (Å²) in [5.41, 5.74) is 9.48. The van der Waals surface area contributed by atoms with Crippen molar-refractivity contribution in [1.29, 1.82) is 0 Å². The van der Waals surface area contributed by atoms with E-state index in [0.717, 1.165) is 72.1 Å². The first-order valence-corrected chi connectivity index (χ1v) is 30.5. The standard InChI is InChI=1S/C40H52Cl4O4Si4/c1-49(25-21-33-5-13-37(29-41)14-6-33)45-50(2,26-22-34-7-15-38(30-42)16-8-34)47-52(4,28-24-36-11-19-40(32-44)20-12-36)48-51(3,46-49)27-23-35-9-17-39(31-43)18-10-35/h5-20H,21-32H2,1-4H3. The molecule has 0 atom stereocenters. The Kier molecular flexibility index (Phi) is 15.4. The van der Waals surface area contributed by atoms with E-state index in [-0.39, 0.29) is 0 Å². The van der Waals surface area contributed by atoms with Crippen LogP contribution in [-0.2, 0) is 65.7 Å². The summed E-state index contributed by atoms with van der Waals surface area (Å²) in [6, 6.07) is 37.6. The summed E-state index contributed by atoms with van der Waals surface area (Å²) < 4.78 is 30.0. The first kappa shape index (κ1) is 41.9. The van der Waals surface area contributed by atoms with Crippen LogP contribution in [0.1, 0.15) is 44.5 Å². The Balaban J connectivity index is 1.46. The molecule has 4 aromatic rings. The topological polar surface area (TPSA) is 36.9 Å². The van der Waals surface area contributed by atoms with E-state index in [0.29, 0.717) is 23.5 Å². The second-order valence-electron chi connectivity index (χ2n) is 14.7. The first-order valence-electron chi connectivity index (χ1n) is 18.2. The highest BCUT2D eigenvalue weighted by Gasteiger charge is 2.56. The maximum atomic E-state index is 7.51. The molecule has 1 saturated heterocycles. The van der Waals surface area contributed by atoms with Gasteiger partial charge in [0.2, 0.25) is 0 Å². The minimum absolute atomic E-state index is 0.506. The number of benzene rings is 4. The zero-order valence-corrected chi connectivity index (χ0v) is 37.9. The van der Waals surface area contributed by atoms with Crippen LogP contribution in [0.25, 0.3) is 0 Å². The average Bonchev–Trinajstić information content (AvgIpc) is 3.15. The van der Waals surface area contributed by atoms with E-state index in [2.05, 4.69) is 123 Å². The van der Waals surface area contributed by atoms with Crippen LogP contribution >= 0.6 is 46.4 Å². The van der Waals surface area contributed by atoms with Crippen molar-refractivity contribution in [2.75, 3.05) is 0 Å². The zero-order chi connectivity index (χ0) is 37.2. The fraction of sp³-hybridized carbons (Fsp3) is 0.400. The Bertz CT molecular complexity index is 1430. The third-order valence-corrected chi connectivity index (χ3v) is 29.6. The molecular formula is C40H52Cl4O4Si4. The van der Waals surface area contributed by atoms with Gasteiger partial charge in [-0.2, -0.15) is 0 Å². The predicted octanol–water partition coefficient (Wildman–Crippen LogP) is 12.3. The minimum atomic E-state index is -2.84. The molecule has 0 bridgehead atoms. The van der Waals surface area contributed by atoms with Gasteiger partial charge in [-0.15, -0.1) is 46.4 Å². The smallest absolute Gasteiger partial charge is 0.317 e. The normalized spacial score (nSPS) is 25.1. The zero-order valence-electron chi connectivity index (χ0n) is 30.9. The molecule has 280 valence electrons. The molecule has 1 aliphatic rings. The van der Waals surface area contributed by atoms with Gasteiger partial charge in [0.25, 0.3) is 0 Å². The van der Waals surface area contributed by atoms with Gasteiger partial charge in [-0.05, 0) is 121 Å². The van der Waals surface area contributed by atoms with E-state index in [1.165, 1.54) is 22.3 Å². The summed E-state index contributed by atoms with van der Waals surface area (Å²) in [5, 5.41) is 0. The molecule has 12 heteroatoms. The van der Waals surface area contributed by atoms with Gasteiger partial charge in [-0.3, -0.25) is 0 Å². The Morgan fingerprint density at radius 1 is 0.308 bits per heavy atom. The highest BCUT2D eigenvalue weighted by Crippen LogP contribution is 2.39. The third kappa shape index (κ3) is 12.4. The Morgan fingerprint density at radius 2 is 0.462 bits per heavy atom. The van der Waals surface area contributed by atoms with Crippen molar-refractivity contribution in [1.82, 2.24) is 0 Å². The summed E-state index contributed by atoms with van der Waals surface area (Å²) in [4.78, 5) is 0. The molecule has 1 aliphatic heterocycles. The molecule has 0 aliphatic carbocycles. The van der Waals surface area contributed by atoms with E-state index < -0.39 is 34.2 Å². The lowest BCUT2D eigenvalue weighted by molar-refractivity contribution is 0.222. The van der Waals surface area contributed by atoms with Crippen LogP contribution in [0.2, 0.25) is 50.4 Å². The average molecular weight is 851 g/mol. The number of halogens is 4. The Hall–Kier alpha value is -1.25. The van der Waals surface area contributed by atoms with Crippen LogP contribution in [0.4, 0.5) is 0 Å². The lowest BCUT2D eigenvalue weighted by Gasteiger charge is -2.50. The SMILES string of the molecule is C[Si]1(CCc2ccc(CCl)cc2)O[Si](C)(CCc2ccc(CCl)cc2)O[Si](C)(CCc2ccc(CCl)cc2)O[Si](C)(CCc2ccc(CCl)cc2)O1. The molecule has 1 heterocycles. The molecule has 0 spiro atoms. The second-order valence-corrected chi connectivity index (χ2v) is 30.1. The maximum absolute atomic E-state index is 7.51. The summed E-state index contributed by atoms with van der Waals surface area (Å²) >= 11 is 24.4. The summed E-state index contributed by atoms with van der Waals surface area (Å²) in [5.74, 6) is 2.02. The molecule has 5 rings (SSSR count). The van der Waals surface area contributed by atoms with Gasteiger partial charge in [0.05, 0.1) is 0 Å². The van der Waals surface area contributed by atoms with Crippen molar-refractivity contribution in [2.24, 2.45) is 0 Å². The van der Waals surface area contributed by atoms with Crippen LogP contribution in [0.3, 0.4) is 0 Å². The molecule has 0 saturated carbocycles. The van der Waals surface area contributed by atoms with Crippen molar-refractivity contribution in [3.63, 3.8) is 0 Å². The molecule has 1 fully saturated rings. The van der Waals surface area contributed by atoms with Gasteiger partial charge in [-0.1, -0.05) is 97.1 Å². The molecule has 0 N–H and O–H groups in total. The number of hydrogen-bond acceptors (Lipinski definition) is 4. The van der Waals surface area contributed by atoms with Crippen molar-refractivity contribution in [3.05, 3.63) is 142 Å². The predicted molar refractivity (Wildman–Crippen MR) is 229 cm³/mol. The van der Waals surface area contributed by atoms with Crippen LogP contribution < -0.4 is 0 Å². The van der Waals surface area contributed by atoms with Crippen LogP contribution in [0, 0.1) is 0 Å². The molecule has 4 nitrogen and oxygen atoms in total. The highest BCUT2D eigenvalue weighted by atomic mass is 35.5. The van der Waals surface area contributed by atoms with E-state index in [9.17, 15) is 0 Å². The fourth-order valence-electron chi connectivity index (χ4n) is 6.98. The Morgan fingerprint density at radius 3 is 0.615 bits per heavy atom. The number of aryl methyl sites for hydroxylation is 4. The van der Waals surface area contributed by atoms with Gasteiger partial charge < -0.3 is 16.5 Å². The van der Waals surface area contributed by atoms with Crippen molar-refractivity contribution in [3.8, 4) is 0 Å². The first-order chi connectivity index (χ1) is 24.9. The molecule has 4 aromatic carbocycles. The fourth-order valence-corrected chi connectivity index (χ4v) is 30.7. The monoisotopic (exact) mass is 848 g/mol. The van der Waals surface area contributed by atoms with Crippen LogP contribution in [0.15, 0.2) is 97.1 Å². The molecule has 52 heavy (non-hydrogen) atoms. The maximum Gasteiger partial charge on any atom is 0.317 e. The van der Waals surface area contributed by atoms with Crippen molar-refractivity contribution < 1.29 is 16.5 Å². The largest absolute Gasteiger partial charge is 0.416 e. The van der Waals surface area contributed by atoms with Gasteiger partial charge in [0, 0.05) is 23.5 Å². The Labute approximate surface area is 336 Å². The third-order valence-electron chi connectivity index (χ3n) is 9.91. The molecule has 0 amide bonds. The minimum Gasteiger partial charge on any atom is -0.416 e. The lowest BCUT2D eigenvalue weighted by atomic mass is 10.1. The van der Waals surface area contributed by atoms with Crippen LogP contribution in [0.5, 0.6) is 0 Å².